The minimum absolute atomic E-state index is 0.246. The Morgan fingerprint density at radius 3 is 2.86 bits per heavy atom. The van der Waals surface area contributed by atoms with Gasteiger partial charge in [0.15, 0.2) is 5.82 Å². The lowest BCUT2D eigenvalue weighted by atomic mass is 10.2. The van der Waals surface area contributed by atoms with E-state index >= 15 is 0 Å². The Hall–Kier alpha value is -2.23. The van der Waals surface area contributed by atoms with Crippen LogP contribution < -0.4 is 5.56 Å². The lowest BCUT2D eigenvalue weighted by Crippen LogP contribution is -2.11. The predicted octanol–water partition coefficient (Wildman–Crippen LogP) is 3.81. The van der Waals surface area contributed by atoms with Crippen molar-refractivity contribution in [2.45, 2.75) is 0 Å². The van der Waals surface area contributed by atoms with Gasteiger partial charge in [0.2, 0.25) is 0 Å². The Balaban J connectivity index is 2.16. The van der Waals surface area contributed by atoms with Crippen LogP contribution in [0, 0.1) is 11.3 Å². The number of thiophene rings is 1. The molecule has 2 heterocycles. The van der Waals surface area contributed by atoms with Gasteiger partial charge in [0.25, 0.3) is 5.56 Å². The highest BCUT2D eigenvalue weighted by Gasteiger charge is 2.08. The fourth-order valence-corrected chi connectivity index (χ4v) is 3.28. The number of aromatic amines is 1. The van der Waals surface area contributed by atoms with E-state index in [1.54, 1.807) is 24.3 Å². The van der Waals surface area contributed by atoms with Crippen LogP contribution >= 0.6 is 27.3 Å². The molecule has 2 aromatic heterocycles. The van der Waals surface area contributed by atoms with Crippen LogP contribution in [-0.2, 0) is 0 Å². The second-order valence-corrected chi connectivity index (χ2v) is 6.74. The lowest BCUT2D eigenvalue weighted by molar-refractivity contribution is 1.13. The highest BCUT2D eigenvalue weighted by Crippen LogP contribution is 2.25. The average Bonchev–Trinajstić information content (AvgIpc) is 2.90. The molecule has 1 aromatic carbocycles. The molecule has 6 heteroatoms. The SMILES string of the molecule is N#C/C(=C\c1ccc(Br)s1)c1nc2ccccc2c(=O)[nH]1. The summed E-state index contributed by atoms with van der Waals surface area (Å²) in [5, 5.41) is 9.83. The van der Waals surface area contributed by atoms with Crippen molar-refractivity contribution in [3.63, 3.8) is 0 Å². The summed E-state index contributed by atoms with van der Waals surface area (Å²) in [4.78, 5) is 20.0. The van der Waals surface area contributed by atoms with Crippen molar-refractivity contribution >= 4 is 49.8 Å². The molecule has 0 radical (unpaired) electrons. The van der Waals surface area contributed by atoms with E-state index in [4.69, 9.17) is 0 Å². The molecule has 0 aliphatic heterocycles. The molecule has 21 heavy (non-hydrogen) atoms. The van der Waals surface area contributed by atoms with Crippen LogP contribution in [0.25, 0.3) is 22.6 Å². The average molecular weight is 358 g/mol. The summed E-state index contributed by atoms with van der Waals surface area (Å²) in [6.07, 6.45) is 1.71. The zero-order valence-corrected chi connectivity index (χ0v) is 13.0. The Morgan fingerprint density at radius 1 is 1.33 bits per heavy atom. The fourth-order valence-electron chi connectivity index (χ4n) is 1.92. The fraction of sp³-hybridized carbons (Fsp3) is 0. The van der Waals surface area contributed by atoms with Crippen molar-refractivity contribution in [2.24, 2.45) is 0 Å². The number of benzene rings is 1. The molecule has 0 bridgehead atoms. The largest absolute Gasteiger partial charge is 0.305 e. The first-order chi connectivity index (χ1) is 10.2. The van der Waals surface area contributed by atoms with Crippen LogP contribution in [0.5, 0.6) is 0 Å². The summed E-state index contributed by atoms with van der Waals surface area (Å²) in [6, 6.07) is 12.9. The van der Waals surface area contributed by atoms with E-state index in [1.807, 2.05) is 18.2 Å². The monoisotopic (exact) mass is 357 g/mol. The van der Waals surface area contributed by atoms with Gasteiger partial charge in [-0.25, -0.2) is 4.98 Å². The summed E-state index contributed by atoms with van der Waals surface area (Å²) in [6.45, 7) is 0. The first kappa shape index (κ1) is 13.7. The molecule has 3 aromatic rings. The van der Waals surface area contributed by atoms with Crippen molar-refractivity contribution in [3.05, 3.63) is 61.2 Å². The molecule has 3 rings (SSSR count). The topological polar surface area (TPSA) is 69.5 Å². The number of rotatable bonds is 2. The molecule has 0 amide bonds. The third-order valence-corrected chi connectivity index (χ3v) is 4.44. The quantitative estimate of drug-likeness (QED) is 0.708. The van der Waals surface area contributed by atoms with Crippen molar-refractivity contribution in [2.75, 3.05) is 0 Å². The smallest absolute Gasteiger partial charge is 0.259 e. The Morgan fingerprint density at radius 2 is 2.14 bits per heavy atom. The molecular weight excluding hydrogens is 350 g/mol. The van der Waals surface area contributed by atoms with E-state index in [0.717, 1.165) is 8.66 Å². The van der Waals surface area contributed by atoms with Gasteiger partial charge in [0, 0.05) is 4.88 Å². The van der Waals surface area contributed by atoms with Crippen LogP contribution in [0.15, 0.2) is 45.0 Å². The number of aromatic nitrogens is 2. The Bertz CT molecular complexity index is 949. The highest BCUT2D eigenvalue weighted by atomic mass is 79.9. The number of nitrogens with zero attached hydrogens (tertiary/aromatic N) is 2. The van der Waals surface area contributed by atoms with E-state index < -0.39 is 0 Å². The molecule has 0 unspecified atom stereocenters. The third kappa shape index (κ3) is 2.79. The summed E-state index contributed by atoms with van der Waals surface area (Å²) in [7, 11) is 0. The normalized spacial score (nSPS) is 11.5. The van der Waals surface area contributed by atoms with E-state index in [1.165, 1.54) is 11.3 Å². The summed E-state index contributed by atoms with van der Waals surface area (Å²) < 4.78 is 0.978. The van der Waals surface area contributed by atoms with E-state index in [-0.39, 0.29) is 11.4 Å². The highest BCUT2D eigenvalue weighted by molar-refractivity contribution is 9.11. The Kier molecular flexibility index (Phi) is 3.69. The Labute approximate surface area is 132 Å². The number of allylic oxidation sites excluding steroid dienone is 1. The standard InChI is InChI=1S/C15H8BrN3OS/c16-13-6-5-10(21-13)7-9(8-17)14-18-12-4-2-1-3-11(12)15(20)19-14/h1-7H,(H,18,19,20)/b9-7+. The first-order valence-electron chi connectivity index (χ1n) is 6.04. The maximum absolute atomic E-state index is 12.0. The van der Waals surface area contributed by atoms with Crippen LogP contribution in [0.3, 0.4) is 0 Å². The molecule has 0 aliphatic carbocycles. The number of halogens is 1. The number of hydrogen-bond acceptors (Lipinski definition) is 4. The van der Waals surface area contributed by atoms with Crippen LogP contribution in [0.2, 0.25) is 0 Å². The lowest BCUT2D eigenvalue weighted by Gasteiger charge is -2.01. The van der Waals surface area contributed by atoms with Gasteiger partial charge in [-0.1, -0.05) is 12.1 Å². The van der Waals surface area contributed by atoms with Crippen LogP contribution in [0.4, 0.5) is 0 Å². The zero-order chi connectivity index (χ0) is 14.8. The predicted molar refractivity (Wildman–Crippen MR) is 87.9 cm³/mol. The van der Waals surface area contributed by atoms with Crippen LogP contribution in [-0.4, -0.2) is 9.97 Å². The summed E-state index contributed by atoms with van der Waals surface area (Å²) in [5.41, 5.74) is 0.654. The molecule has 0 saturated heterocycles. The van der Waals surface area contributed by atoms with Gasteiger partial charge in [-0.05, 0) is 46.3 Å². The number of nitrogens with one attached hydrogen (secondary N) is 1. The van der Waals surface area contributed by atoms with Gasteiger partial charge in [-0.3, -0.25) is 4.79 Å². The molecule has 0 fully saturated rings. The van der Waals surface area contributed by atoms with Gasteiger partial charge < -0.3 is 4.98 Å². The number of H-pyrrole nitrogens is 1. The minimum atomic E-state index is -0.246. The van der Waals surface area contributed by atoms with E-state index in [0.29, 0.717) is 16.5 Å². The molecule has 0 spiro atoms. The maximum atomic E-state index is 12.0. The van der Waals surface area contributed by atoms with Gasteiger partial charge in [0.05, 0.1) is 20.3 Å². The summed E-state index contributed by atoms with van der Waals surface area (Å²) >= 11 is 4.88. The van der Waals surface area contributed by atoms with Crippen molar-refractivity contribution in [1.29, 1.82) is 5.26 Å². The minimum Gasteiger partial charge on any atom is -0.305 e. The molecule has 1 N–H and O–H groups in total. The molecular formula is C15H8BrN3OS. The van der Waals surface area contributed by atoms with E-state index in [9.17, 15) is 10.1 Å². The second kappa shape index (κ2) is 5.64. The maximum Gasteiger partial charge on any atom is 0.259 e. The second-order valence-electron chi connectivity index (χ2n) is 4.24. The van der Waals surface area contributed by atoms with Gasteiger partial charge in [0.1, 0.15) is 6.07 Å². The molecule has 102 valence electrons. The van der Waals surface area contributed by atoms with Crippen molar-refractivity contribution in [1.82, 2.24) is 9.97 Å². The van der Waals surface area contributed by atoms with Gasteiger partial charge in [-0.15, -0.1) is 11.3 Å². The molecule has 0 atom stereocenters. The van der Waals surface area contributed by atoms with Crippen LogP contribution in [0.1, 0.15) is 10.7 Å². The summed E-state index contributed by atoms with van der Waals surface area (Å²) in [5.74, 6) is 0.283. The van der Waals surface area contributed by atoms with E-state index in [2.05, 4.69) is 32.0 Å². The number of para-hydroxylation sites is 1. The molecule has 4 nitrogen and oxygen atoms in total. The molecule has 0 saturated carbocycles. The van der Waals surface area contributed by atoms with Crippen molar-refractivity contribution < 1.29 is 0 Å². The van der Waals surface area contributed by atoms with Gasteiger partial charge in [-0.2, -0.15) is 5.26 Å². The third-order valence-electron chi connectivity index (χ3n) is 2.87. The first-order valence-corrected chi connectivity index (χ1v) is 7.65. The van der Waals surface area contributed by atoms with Gasteiger partial charge >= 0.3 is 0 Å². The van der Waals surface area contributed by atoms with Crippen molar-refractivity contribution in [3.8, 4) is 6.07 Å². The zero-order valence-electron chi connectivity index (χ0n) is 10.6. The number of hydrogen-bond donors (Lipinski definition) is 1. The molecule has 0 aliphatic rings. The number of fused-ring (bicyclic) bond motifs is 1. The number of nitriles is 1.